The molecular formula is C18H32N4O3. The van der Waals surface area contributed by atoms with E-state index in [4.69, 9.17) is 0 Å². The van der Waals surface area contributed by atoms with Gasteiger partial charge in [0.15, 0.2) is 0 Å². The Hall–Kier alpha value is -1.79. The first-order chi connectivity index (χ1) is 12.1. The number of amides is 4. The van der Waals surface area contributed by atoms with E-state index < -0.39 is 0 Å². The van der Waals surface area contributed by atoms with Crippen molar-refractivity contribution in [3.05, 3.63) is 0 Å². The highest BCUT2D eigenvalue weighted by Crippen LogP contribution is 2.18. The predicted molar refractivity (Wildman–Crippen MR) is 96.0 cm³/mol. The number of urea groups is 1. The fraction of sp³-hybridized carbons (Fsp3) is 0.833. The molecular weight excluding hydrogens is 320 g/mol. The Kier molecular flexibility index (Phi) is 8.01. The summed E-state index contributed by atoms with van der Waals surface area (Å²) in [6, 6.07) is 0.122. The number of carbonyl (C=O) groups is 3. The van der Waals surface area contributed by atoms with E-state index >= 15 is 0 Å². The average Bonchev–Trinajstić information content (AvgIpc) is 2.62. The van der Waals surface area contributed by atoms with Gasteiger partial charge in [0, 0.05) is 38.6 Å². The second-order valence-corrected chi connectivity index (χ2v) is 7.06. The lowest BCUT2D eigenvalue weighted by molar-refractivity contribution is -0.126. The summed E-state index contributed by atoms with van der Waals surface area (Å²) >= 11 is 0. The van der Waals surface area contributed by atoms with E-state index in [0.717, 1.165) is 25.7 Å². The molecule has 25 heavy (non-hydrogen) atoms. The third-order valence-electron chi connectivity index (χ3n) is 5.03. The quantitative estimate of drug-likeness (QED) is 0.674. The number of nitrogens with zero attached hydrogens (tertiary/aromatic N) is 1. The van der Waals surface area contributed by atoms with Crippen LogP contribution in [0.1, 0.15) is 58.3 Å². The second kappa shape index (κ2) is 10.3. The van der Waals surface area contributed by atoms with Gasteiger partial charge in [-0.25, -0.2) is 4.79 Å². The fourth-order valence-corrected chi connectivity index (χ4v) is 3.64. The van der Waals surface area contributed by atoms with Crippen molar-refractivity contribution >= 4 is 17.8 Å². The molecule has 1 saturated heterocycles. The van der Waals surface area contributed by atoms with Gasteiger partial charge in [-0.2, -0.15) is 0 Å². The summed E-state index contributed by atoms with van der Waals surface area (Å²) in [7, 11) is 0. The molecule has 142 valence electrons. The largest absolute Gasteiger partial charge is 0.356 e. The van der Waals surface area contributed by atoms with Gasteiger partial charge in [0.05, 0.1) is 5.92 Å². The molecule has 1 saturated carbocycles. The average molecular weight is 352 g/mol. The SMILES string of the molecule is CCNC(=O)C1CCCN(C(=O)NCCC(=O)NC2CCCCC2)C1. The van der Waals surface area contributed by atoms with Crippen molar-refractivity contribution in [3.63, 3.8) is 0 Å². The lowest BCUT2D eigenvalue weighted by Gasteiger charge is -2.32. The molecule has 0 radical (unpaired) electrons. The van der Waals surface area contributed by atoms with Gasteiger partial charge in [-0.1, -0.05) is 19.3 Å². The van der Waals surface area contributed by atoms with Crippen LogP contribution in [0.5, 0.6) is 0 Å². The molecule has 0 bridgehead atoms. The van der Waals surface area contributed by atoms with Gasteiger partial charge < -0.3 is 20.9 Å². The van der Waals surface area contributed by atoms with Crippen LogP contribution in [0.2, 0.25) is 0 Å². The van der Waals surface area contributed by atoms with Crippen LogP contribution in [0, 0.1) is 5.92 Å². The van der Waals surface area contributed by atoms with Gasteiger partial charge in [0.1, 0.15) is 0 Å². The first kappa shape index (κ1) is 19.5. The second-order valence-electron chi connectivity index (χ2n) is 7.06. The van der Waals surface area contributed by atoms with Crippen molar-refractivity contribution in [1.29, 1.82) is 0 Å². The Balaban J connectivity index is 1.65. The first-order valence-electron chi connectivity index (χ1n) is 9.70. The van der Waals surface area contributed by atoms with Crippen molar-refractivity contribution < 1.29 is 14.4 Å². The van der Waals surface area contributed by atoms with Crippen molar-refractivity contribution in [2.45, 2.75) is 64.3 Å². The van der Waals surface area contributed by atoms with Crippen LogP contribution in [-0.2, 0) is 9.59 Å². The maximum atomic E-state index is 12.2. The van der Waals surface area contributed by atoms with Crippen molar-refractivity contribution in [2.75, 3.05) is 26.2 Å². The molecule has 2 rings (SSSR count). The van der Waals surface area contributed by atoms with E-state index in [1.54, 1.807) is 4.90 Å². The molecule has 7 heteroatoms. The summed E-state index contributed by atoms with van der Waals surface area (Å²) in [5.41, 5.74) is 0. The molecule has 2 aliphatic rings. The van der Waals surface area contributed by atoms with Gasteiger partial charge in [-0.3, -0.25) is 9.59 Å². The van der Waals surface area contributed by atoms with Gasteiger partial charge in [-0.15, -0.1) is 0 Å². The number of piperidine rings is 1. The molecule has 1 unspecified atom stereocenters. The summed E-state index contributed by atoms with van der Waals surface area (Å²) in [6.45, 7) is 3.95. The number of rotatable bonds is 6. The first-order valence-corrected chi connectivity index (χ1v) is 9.70. The third kappa shape index (κ3) is 6.55. The van der Waals surface area contributed by atoms with E-state index in [1.165, 1.54) is 19.3 Å². The Labute approximate surface area is 150 Å². The third-order valence-corrected chi connectivity index (χ3v) is 5.03. The zero-order valence-corrected chi connectivity index (χ0v) is 15.3. The van der Waals surface area contributed by atoms with Crippen molar-refractivity contribution in [2.24, 2.45) is 5.92 Å². The van der Waals surface area contributed by atoms with E-state index in [0.29, 0.717) is 38.6 Å². The fourth-order valence-electron chi connectivity index (χ4n) is 3.64. The maximum absolute atomic E-state index is 12.2. The standard InChI is InChI=1S/C18H32N4O3/c1-2-19-17(24)14-7-6-12-22(13-14)18(25)20-11-10-16(23)21-15-8-4-3-5-9-15/h14-15H,2-13H2,1H3,(H,19,24)(H,20,25)(H,21,23). The van der Waals surface area contributed by atoms with Crippen LogP contribution in [0.3, 0.4) is 0 Å². The van der Waals surface area contributed by atoms with Crippen molar-refractivity contribution in [3.8, 4) is 0 Å². The Morgan fingerprint density at radius 3 is 2.48 bits per heavy atom. The van der Waals surface area contributed by atoms with Crippen LogP contribution in [0.15, 0.2) is 0 Å². The predicted octanol–water partition coefficient (Wildman–Crippen LogP) is 1.38. The van der Waals surface area contributed by atoms with Crippen LogP contribution >= 0.6 is 0 Å². The lowest BCUT2D eigenvalue weighted by Crippen LogP contribution is -2.49. The number of hydrogen-bond acceptors (Lipinski definition) is 3. The molecule has 0 aromatic heterocycles. The Morgan fingerprint density at radius 1 is 1.00 bits per heavy atom. The highest BCUT2D eigenvalue weighted by Gasteiger charge is 2.28. The zero-order valence-electron chi connectivity index (χ0n) is 15.3. The normalized spacial score (nSPS) is 21.5. The van der Waals surface area contributed by atoms with E-state index in [2.05, 4.69) is 16.0 Å². The van der Waals surface area contributed by atoms with Crippen LogP contribution < -0.4 is 16.0 Å². The Bertz CT molecular complexity index is 463. The molecule has 7 nitrogen and oxygen atoms in total. The van der Waals surface area contributed by atoms with E-state index in [1.807, 2.05) is 6.92 Å². The van der Waals surface area contributed by atoms with Gasteiger partial charge in [-0.05, 0) is 32.6 Å². The monoisotopic (exact) mass is 352 g/mol. The lowest BCUT2D eigenvalue weighted by atomic mass is 9.95. The summed E-state index contributed by atoms with van der Waals surface area (Å²) < 4.78 is 0. The smallest absolute Gasteiger partial charge is 0.317 e. The number of nitrogens with one attached hydrogen (secondary N) is 3. The minimum Gasteiger partial charge on any atom is -0.356 e. The number of likely N-dealkylation sites (tertiary alicyclic amines) is 1. The highest BCUT2D eigenvalue weighted by atomic mass is 16.2. The van der Waals surface area contributed by atoms with Crippen LogP contribution in [0.4, 0.5) is 4.79 Å². The van der Waals surface area contributed by atoms with Gasteiger partial charge >= 0.3 is 6.03 Å². The summed E-state index contributed by atoms with van der Waals surface area (Å²) in [5.74, 6) is -0.105. The van der Waals surface area contributed by atoms with E-state index in [9.17, 15) is 14.4 Å². The topological polar surface area (TPSA) is 90.5 Å². The molecule has 1 heterocycles. The zero-order chi connectivity index (χ0) is 18.1. The molecule has 4 amide bonds. The van der Waals surface area contributed by atoms with E-state index in [-0.39, 0.29) is 23.8 Å². The number of carbonyl (C=O) groups excluding carboxylic acids is 3. The molecule has 0 aromatic rings. The molecule has 1 atom stereocenters. The summed E-state index contributed by atoms with van der Waals surface area (Å²) in [5, 5.41) is 8.68. The molecule has 0 aromatic carbocycles. The summed E-state index contributed by atoms with van der Waals surface area (Å²) in [4.78, 5) is 37.8. The molecule has 2 fully saturated rings. The number of hydrogen-bond donors (Lipinski definition) is 3. The van der Waals surface area contributed by atoms with Gasteiger partial charge in [0.2, 0.25) is 11.8 Å². The highest BCUT2D eigenvalue weighted by molar-refractivity contribution is 5.81. The minimum absolute atomic E-state index is 0.00560. The minimum atomic E-state index is -0.181. The van der Waals surface area contributed by atoms with Gasteiger partial charge in [0.25, 0.3) is 0 Å². The summed E-state index contributed by atoms with van der Waals surface area (Å²) in [6.07, 6.45) is 7.70. The molecule has 1 aliphatic heterocycles. The maximum Gasteiger partial charge on any atom is 0.317 e. The van der Waals surface area contributed by atoms with Crippen LogP contribution in [-0.4, -0.2) is 55.0 Å². The van der Waals surface area contributed by atoms with Crippen LogP contribution in [0.25, 0.3) is 0 Å². The molecule has 1 aliphatic carbocycles. The Morgan fingerprint density at radius 2 is 1.76 bits per heavy atom. The van der Waals surface area contributed by atoms with Crippen molar-refractivity contribution in [1.82, 2.24) is 20.9 Å². The molecule has 3 N–H and O–H groups in total. The molecule has 0 spiro atoms.